The number of ether oxygens (including phenoxy) is 1. The van der Waals surface area contributed by atoms with Crippen molar-refractivity contribution in [1.82, 2.24) is 0 Å². The number of benzene rings is 1. The first-order valence-electron chi connectivity index (χ1n) is 5.45. The Kier molecular flexibility index (Phi) is 3.84. The lowest BCUT2D eigenvalue weighted by molar-refractivity contribution is 0.0507. The van der Waals surface area contributed by atoms with Gasteiger partial charge >= 0.3 is 5.97 Å². The zero-order valence-corrected chi connectivity index (χ0v) is 10.4. The fourth-order valence-electron chi connectivity index (χ4n) is 1.50. The molecule has 0 aliphatic carbocycles. The minimum Gasteiger partial charge on any atom is -0.505 e. The highest BCUT2D eigenvalue weighted by atomic mass is 32.1. The van der Waals surface area contributed by atoms with Crippen molar-refractivity contribution in [3.63, 3.8) is 0 Å². The molecule has 0 amide bonds. The third-order valence-electron chi connectivity index (χ3n) is 2.45. The molecule has 0 saturated carbocycles. The SMILES string of the molecule is Nc1cccc(C(=O)OCCc2cccs2)c1O. The van der Waals surface area contributed by atoms with Gasteiger partial charge in [0.25, 0.3) is 0 Å². The molecule has 5 heteroatoms. The number of nitrogens with two attached hydrogens (primary N) is 1. The summed E-state index contributed by atoms with van der Waals surface area (Å²) >= 11 is 1.62. The fraction of sp³-hybridized carbons (Fsp3) is 0.154. The monoisotopic (exact) mass is 263 g/mol. The van der Waals surface area contributed by atoms with E-state index in [1.165, 1.54) is 12.1 Å². The Morgan fingerprint density at radius 3 is 2.89 bits per heavy atom. The van der Waals surface area contributed by atoms with Gasteiger partial charge in [0, 0.05) is 11.3 Å². The van der Waals surface area contributed by atoms with Gasteiger partial charge in [0.1, 0.15) is 5.56 Å². The number of aromatic hydroxyl groups is 1. The first-order valence-corrected chi connectivity index (χ1v) is 6.33. The largest absolute Gasteiger partial charge is 0.505 e. The summed E-state index contributed by atoms with van der Waals surface area (Å²) in [5.41, 5.74) is 5.78. The second-order valence-electron chi connectivity index (χ2n) is 3.71. The lowest BCUT2D eigenvalue weighted by Crippen LogP contribution is -2.08. The van der Waals surface area contributed by atoms with E-state index in [0.717, 1.165) is 4.88 Å². The number of rotatable bonds is 4. The van der Waals surface area contributed by atoms with E-state index in [0.29, 0.717) is 6.42 Å². The maximum atomic E-state index is 11.7. The Bertz CT molecular complexity index is 537. The summed E-state index contributed by atoms with van der Waals surface area (Å²) in [6.07, 6.45) is 0.673. The predicted molar refractivity (Wildman–Crippen MR) is 70.8 cm³/mol. The Morgan fingerprint density at radius 2 is 2.17 bits per heavy atom. The van der Waals surface area contributed by atoms with Crippen LogP contribution < -0.4 is 5.73 Å². The molecule has 0 unspecified atom stereocenters. The van der Waals surface area contributed by atoms with Crippen LogP contribution in [0.2, 0.25) is 0 Å². The average molecular weight is 263 g/mol. The maximum absolute atomic E-state index is 11.7. The number of thiophene rings is 1. The molecular formula is C13H13NO3S. The van der Waals surface area contributed by atoms with Crippen molar-refractivity contribution in [1.29, 1.82) is 0 Å². The number of nitrogen functional groups attached to an aromatic ring is 1. The maximum Gasteiger partial charge on any atom is 0.342 e. The third-order valence-corrected chi connectivity index (χ3v) is 3.39. The molecule has 1 aromatic carbocycles. The zero-order valence-electron chi connectivity index (χ0n) is 9.63. The summed E-state index contributed by atoms with van der Waals surface area (Å²) in [6.45, 7) is 0.285. The van der Waals surface area contributed by atoms with E-state index in [1.54, 1.807) is 17.4 Å². The molecule has 2 aromatic rings. The fourth-order valence-corrected chi connectivity index (χ4v) is 2.19. The summed E-state index contributed by atoms with van der Waals surface area (Å²) in [4.78, 5) is 12.9. The van der Waals surface area contributed by atoms with E-state index in [-0.39, 0.29) is 23.6 Å². The topological polar surface area (TPSA) is 72.6 Å². The molecule has 18 heavy (non-hydrogen) atoms. The molecule has 1 aromatic heterocycles. The Labute approximate surface area is 109 Å². The molecule has 0 bridgehead atoms. The Hall–Kier alpha value is -2.01. The summed E-state index contributed by atoms with van der Waals surface area (Å²) in [5.74, 6) is -0.782. The molecule has 2 rings (SSSR count). The van der Waals surface area contributed by atoms with Crippen LogP contribution in [-0.4, -0.2) is 17.7 Å². The van der Waals surface area contributed by atoms with Gasteiger partial charge in [0.2, 0.25) is 0 Å². The minimum atomic E-state index is -0.559. The third kappa shape index (κ3) is 2.81. The summed E-state index contributed by atoms with van der Waals surface area (Å²) < 4.78 is 5.09. The van der Waals surface area contributed by atoms with Crippen molar-refractivity contribution < 1.29 is 14.6 Å². The van der Waals surface area contributed by atoms with Crippen LogP contribution in [0.1, 0.15) is 15.2 Å². The highest BCUT2D eigenvalue weighted by Gasteiger charge is 2.14. The van der Waals surface area contributed by atoms with Crippen molar-refractivity contribution in [2.75, 3.05) is 12.3 Å². The lowest BCUT2D eigenvalue weighted by atomic mass is 10.2. The van der Waals surface area contributed by atoms with Crippen LogP contribution in [0.25, 0.3) is 0 Å². The molecule has 0 fully saturated rings. The molecule has 0 spiro atoms. The second kappa shape index (κ2) is 5.55. The normalized spacial score (nSPS) is 10.2. The molecule has 0 atom stereocenters. The molecule has 3 N–H and O–H groups in total. The number of phenolic OH excluding ortho intramolecular Hbond substituents is 1. The van der Waals surface area contributed by atoms with Crippen molar-refractivity contribution in [3.05, 3.63) is 46.2 Å². The van der Waals surface area contributed by atoms with Gasteiger partial charge in [-0.15, -0.1) is 11.3 Å². The average Bonchev–Trinajstić information content (AvgIpc) is 2.85. The van der Waals surface area contributed by atoms with E-state index < -0.39 is 5.97 Å². The van der Waals surface area contributed by atoms with Gasteiger partial charge in [-0.25, -0.2) is 4.79 Å². The van der Waals surface area contributed by atoms with Crippen molar-refractivity contribution in [3.8, 4) is 5.75 Å². The molecule has 4 nitrogen and oxygen atoms in total. The van der Waals surface area contributed by atoms with Gasteiger partial charge in [-0.05, 0) is 23.6 Å². The van der Waals surface area contributed by atoms with Gasteiger partial charge in [0.15, 0.2) is 5.75 Å². The number of carbonyl (C=O) groups excluding carboxylic acids is 1. The zero-order chi connectivity index (χ0) is 13.0. The molecule has 0 radical (unpaired) electrons. The Balaban J connectivity index is 1.93. The molecule has 0 saturated heterocycles. The first kappa shape index (κ1) is 12.4. The van der Waals surface area contributed by atoms with E-state index in [9.17, 15) is 9.90 Å². The van der Waals surface area contributed by atoms with Gasteiger partial charge in [-0.3, -0.25) is 0 Å². The van der Waals surface area contributed by atoms with Gasteiger partial charge in [0.05, 0.1) is 12.3 Å². The highest BCUT2D eigenvalue weighted by Crippen LogP contribution is 2.25. The summed E-state index contributed by atoms with van der Waals surface area (Å²) in [6, 6.07) is 8.55. The number of esters is 1. The number of hydrogen-bond acceptors (Lipinski definition) is 5. The van der Waals surface area contributed by atoms with Crippen LogP contribution in [0.4, 0.5) is 5.69 Å². The van der Waals surface area contributed by atoms with Gasteiger partial charge in [-0.1, -0.05) is 12.1 Å². The second-order valence-corrected chi connectivity index (χ2v) is 4.74. The molecule has 0 aliphatic heterocycles. The lowest BCUT2D eigenvalue weighted by Gasteiger charge is -2.07. The number of anilines is 1. The van der Waals surface area contributed by atoms with E-state index in [4.69, 9.17) is 10.5 Å². The number of carbonyl (C=O) groups is 1. The van der Waals surface area contributed by atoms with E-state index >= 15 is 0 Å². The minimum absolute atomic E-state index is 0.0983. The van der Waals surface area contributed by atoms with E-state index in [2.05, 4.69) is 0 Å². The van der Waals surface area contributed by atoms with Crippen LogP contribution in [0.3, 0.4) is 0 Å². The molecule has 0 aliphatic rings. The molecule has 94 valence electrons. The number of phenols is 1. The number of para-hydroxylation sites is 1. The van der Waals surface area contributed by atoms with Crippen LogP contribution in [0, 0.1) is 0 Å². The smallest absolute Gasteiger partial charge is 0.342 e. The predicted octanol–water partition coefficient (Wildman–Crippen LogP) is 2.44. The molecular weight excluding hydrogens is 250 g/mol. The summed E-state index contributed by atoms with van der Waals surface area (Å²) in [7, 11) is 0. The van der Waals surface area contributed by atoms with Gasteiger partial charge in [-0.2, -0.15) is 0 Å². The first-order chi connectivity index (χ1) is 8.68. The van der Waals surface area contributed by atoms with Crippen LogP contribution in [0.15, 0.2) is 35.7 Å². The van der Waals surface area contributed by atoms with Gasteiger partial charge < -0.3 is 15.6 Å². The summed E-state index contributed by atoms with van der Waals surface area (Å²) in [5, 5.41) is 11.6. The van der Waals surface area contributed by atoms with Crippen LogP contribution in [-0.2, 0) is 11.2 Å². The Morgan fingerprint density at radius 1 is 1.33 bits per heavy atom. The van der Waals surface area contributed by atoms with Crippen molar-refractivity contribution in [2.45, 2.75) is 6.42 Å². The van der Waals surface area contributed by atoms with Crippen LogP contribution in [0.5, 0.6) is 5.75 Å². The van der Waals surface area contributed by atoms with E-state index in [1.807, 2.05) is 17.5 Å². The van der Waals surface area contributed by atoms with Crippen LogP contribution >= 0.6 is 11.3 Å². The standard InChI is InChI=1S/C13H13NO3S/c14-11-5-1-4-10(12(11)15)13(16)17-7-6-9-3-2-8-18-9/h1-5,8,15H,6-7,14H2. The number of hydrogen-bond donors (Lipinski definition) is 2. The highest BCUT2D eigenvalue weighted by molar-refractivity contribution is 7.09. The van der Waals surface area contributed by atoms with Crippen molar-refractivity contribution >= 4 is 23.0 Å². The molecule has 1 heterocycles. The van der Waals surface area contributed by atoms with Crippen molar-refractivity contribution in [2.24, 2.45) is 0 Å². The quantitative estimate of drug-likeness (QED) is 0.505.